The largest absolute Gasteiger partial charge is 0.309 e. The Hall–Kier alpha value is -8.80. The molecule has 0 aliphatic carbocycles. The lowest BCUT2D eigenvalue weighted by Gasteiger charge is -2.17. The molecule has 0 aliphatic heterocycles. The van der Waals surface area contributed by atoms with Crippen molar-refractivity contribution in [2.45, 2.75) is 13.8 Å². The van der Waals surface area contributed by atoms with Gasteiger partial charge in [0.1, 0.15) is 5.82 Å². The summed E-state index contributed by atoms with van der Waals surface area (Å²) < 4.78 is 7.12. The number of aryl methyl sites for hydroxylation is 2. The molecule has 0 radical (unpaired) electrons. The van der Waals surface area contributed by atoms with Gasteiger partial charge in [0.25, 0.3) is 0 Å². The minimum Gasteiger partial charge on any atom is -0.309 e. The number of imidazole rings is 1. The third-order valence-corrected chi connectivity index (χ3v) is 13.5. The first-order valence-electron chi connectivity index (χ1n) is 22.9. The van der Waals surface area contributed by atoms with Crippen LogP contribution in [0.3, 0.4) is 0 Å². The summed E-state index contributed by atoms with van der Waals surface area (Å²) in [6.07, 6.45) is 4.01. The second-order valence-electron chi connectivity index (χ2n) is 17.6. The van der Waals surface area contributed by atoms with Gasteiger partial charge < -0.3 is 9.13 Å². The normalized spacial score (nSPS) is 11.7. The quantitative estimate of drug-likeness (QED) is 0.160. The van der Waals surface area contributed by atoms with E-state index < -0.39 is 0 Å². The highest BCUT2D eigenvalue weighted by molar-refractivity contribution is 6.11. The summed E-state index contributed by atoms with van der Waals surface area (Å²) in [6, 6.07) is 76.7. The van der Waals surface area contributed by atoms with E-state index in [1.54, 1.807) is 0 Å². The van der Waals surface area contributed by atoms with Crippen LogP contribution in [0.5, 0.6) is 0 Å². The maximum Gasteiger partial charge on any atom is 0.145 e. The van der Waals surface area contributed by atoms with Gasteiger partial charge in [0, 0.05) is 67.7 Å². The number of fused-ring (bicyclic) bond motifs is 7. The number of benzene rings is 9. The number of hydrogen-bond acceptors (Lipinski definition) is 2. The fourth-order valence-corrected chi connectivity index (χ4v) is 10.6. The summed E-state index contributed by atoms with van der Waals surface area (Å²) >= 11 is 0. The van der Waals surface area contributed by atoms with Gasteiger partial charge in [0.15, 0.2) is 0 Å². The number of nitrogens with zero attached hydrogens (tertiary/aromatic N) is 5. The Balaban J connectivity index is 1.05. The molecular formula is C62H43N5. The minimum absolute atomic E-state index is 0.889. The summed E-state index contributed by atoms with van der Waals surface area (Å²) in [5, 5.41) is 4.91. The van der Waals surface area contributed by atoms with Crippen LogP contribution in [0.4, 0.5) is 0 Å². The maximum absolute atomic E-state index is 5.34. The van der Waals surface area contributed by atoms with Gasteiger partial charge in [0.2, 0.25) is 0 Å². The molecule has 0 unspecified atom stereocenters. The van der Waals surface area contributed by atoms with Crippen molar-refractivity contribution in [2.75, 3.05) is 0 Å². The van der Waals surface area contributed by atoms with Crippen molar-refractivity contribution in [3.63, 3.8) is 0 Å². The Morgan fingerprint density at radius 1 is 0.313 bits per heavy atom. The van der Waals surface area contributed by atoms with Crippen LogP contribution in [0, 0.1) is 13.8 Å². The standard InChI is InChI=1S/C62H43N5/c1-40-17-16-18-41(2)61(40)44-31-42(32-45(33-44)62-64-55-25-10-15-30-60(55)67(62)48-19-4-3-5-20-48)46-34-47(39-63-38-46)43-35-49(65-56-26-11-6-21-51(56)52-22-7-12-27-57(52)65)37-50(36-43)66-58-28-13-8-23-53(58)54-24-9-14-29-59(54)66/h3-39H,1-2H3. The lowest BCUT2D eigenvalue weighted by Crippen LogP contribution is -2.00. The number of aromatic nitrogens is 5. The second-order valence-corrected chi connectivity index (χ2v) is 17.6. The molecule has 0 spiro atoms. The topological polar surface area (TPSA) is 40.6 Å². The van der Waals surface area contributed by atoms with E-state index >= 15 is 0 Å². The first kappa shape index (κ1) is 38.6. The molecule has 0 saturated carbocycles. The maximum atomic E-state index is 5.34. The number of para-hydroxylation sites is 7. The third kappa shape index (κ3) is 6.31. The Bertz CT molecular complexity index is 3810. The van der Waals surface area contributed by atoms with Gasteiger partial charge in [-0.05, 0) is 138 Å². The van der Waals surface area contributed by atoms with Crippen LogP contribution < -0.4 is 0 Å². The van der Waals surface area contributed by atoms with Gasteiger partial charge in [-0.1, -0.05) is 121 Å². The summed E-state index contributed by atoms with van der Waals surface area (Å²) in [4.78, 5) is 10.4. The lowest BCUT2D eigenvalue weighted by molar-refractivity contribution is 1.10. The van der Waals surface area contributed by atoms with Crippen LogP contribution in [0.15, 0.2) is 225 Å². The van der Waals surface area contributed by atoms with E-state index in [-0.39, 0.29) is 0 Å². The summed E-state index contributed by atoms with van der Waals surface area (Å²) in [5.41, 5.74) is 19.9. The molecule has 13 aromatic rings. The SMILES string of the molecule is Cc1cccc(C)c1-c1cc(-c2cncc(-c3cc(-n4c5ccccc5c5ccccc54)cc(-n4c5ccccc5c5ccccc54)c3)c2)cc(-c2nc3ccccc3n2-c2ccccc2)c1. The second kappa shape index (κ2) is 15.4. The van der Waals surface area contributed by atoms with Crippen molar-refractivity contribution in [1.29, 1.82) is 0 Å². The molecule has 0 atom stereocenters. The smallest absolute Gasteiger partial charge is 0.145 e. The van der Waals surface area contributed by atoms with E-state index in [9.17, 15) is 0 Å². The molecule has 5 nitrogen and oxygen atoms in total. The van der Waals surface area contributed by atoms with Crippen molar-refractivity contribution in [3.8, 4) is 61.8 Å². The molecule has 67 heavy (non-hydrogen) atoms. The zero-order chi connectivity index (χ0) is 44.6. The number of rotatable bonds is 7. The molecule has 0 N–H and O–H groups in total. The van der Waals surface area contributed by atoms with E-state index in [1.807, 2.05) is 12.4 Å². The summed E-state index contributed by atoms with van der Waals surface area (Å²) in [5.74, 6) is 0.889. The lowest BCUT2D eigenvalue weighted by atomic mass is 9.91. The van der Waals surface area contributed by atoms with Gasteiger partial charge in [-0.2, -0.15) is 0 Å². The Labute approximate surface area is 388 Å². The van der Waals surface area contributed by atoms with Crippen molar-refractivity contribution in [3.05, 3.63) is 236 Å². The average molecular weight is 858 g/mol. The fourth-order valence-electron chi connectivity index (χ4n) is 10.6. The summed E-state index contributed by atoms with van der Waals surface area (Å²) in [6.45, 7) is 4.41. The van der Waals surface area contributed by atoms with Gasteiger partial charge in [-0.15, -0.1) is 0 Å². The molecule has 0 bridgehead atoms. The molecule has 4 aromatic heterocycles. The molecule has 0 fully saturated rings. The van der Waals surface area contributed by atoms with Crippen molar-refractivity contribution >= 4 is 54.6 Å². The van der Waals surface area contributed by atoms with Gasteiger partial charge in [0.05, 0.1) is 33.1 Å². The van der Waals surface area contributed by atoms with Gasteiger partial charge in [-0.25, -0.2) is 4.98 Å². The zero-order valence-electron chi connectivity index (χ0n) is 37.1. The monoisotopic (exact) mass is 857 g/mol. The first-order chi connectivity index (χ1) is 33.1. The molecular weight excluding hydrogens is 815 g/mol. The van der Waals surface area contributed by atoms with Crippen LogP contribution in [0.25, 0.3) is 116 Å². The highest BCUT2D eigenvalue weighted by Crippen LogP contribution is 2.41. The van der Waals surface area contributed by atoms with Crippen LogP contribution in [-0.4, -0.2) is 23.7 Å². The highest BCUT2D eigenvalue weighted by atomic mass is 15.1. The van der Waals surface area contributed by atoms with Gasteiger partial charge in [-0.3, -0.25) is 9.55 Å². The van der Waals surface area contributed by atoms with E-state index in [2.05, 4.69) is 240 Å². The Morgan fingerprint density at radius 3 is 1.30 bits per heavy atom. The Morgan fingerprint density at radius 2 is 0.746 bits per heavy atom. The van der Waals surface area contributed by atoms with Crippen LogP contribution >= 0.6 is 0 Å². The fraction of sp³-hybridized carbons (Fsp3) is 0.0323. The minimum atomic E-state index is 0.889. The van der Waals surface area contributed by atoms with Crippen molar-refractivity contribution in [2.24, 2.45) is 0 Å². The van der Waals surface area contributed by atoms with E-state index in [0.717, 1.165) is 67.3 Å². The molecule has 0 amide bonds. The van der Waals surface area contributed by atoms with Crippen molar-refractivity contribution < 1.29 is 0 Å². The molecule has 9 aromatic carbocycles. The molecule has 13 rings (SSSR count). The molecule has 316 valence electrons. The van der Waals surface area contributed by atoms with Crippen molar-refractivity contribution in [1.82, 2.24) is 23.7 Å². The van der Waals surface area contributed by atoms with Crippen LogP contribution in [-0.2, 0) is 0 Å². The molecule has 0 saturated heterocycles. The summed E-state index contributed by atoms with van der Waals surface area (Å²) in [7, 11) is 0. The van der Waals surface area contributed by atoms with Gasteiger partial charge >= 0.3 is 0 Å². The Kier molecular flexibility index (Phi) is 8.90. The van der Waals surface area contributed by atoms with Crippen LogP contribution in [0.1, 0.15) is 11.1 Å². The average Bonchev–Trinajstić information content (AvgIpc) is 4.05. The predicted octanol–water partition coefficient (Wildman–Crippen LogP) is 15.9. The predicted molar refractivity (Wildman–Crippen MR) is 279 cm³/mol. The first-order valence-corrected chi connectivity index (χ1v) is 22.9. The number of hydrogen-bond donors (Lipinski definition) is 0. The highest BCUT2D eigenvalue weighted by Gasteiger charge is 2.20. The van der Waals surface area contributed by atoms with E-state index in [4.69, 9.17) is 9.97 Å². The molecule has 4 heterocycles. The number of pyridine rings is 1. The molecule has 0 aliphatic rings. The third-order valence-electron chi connectivity index (χ3n) is 13.5. The van der Waals surface area contributed by atoms with Crippen LogP contribution in [0.2, 0.25) is 0 Å². The van der Waals surface area contributed by atoms with E-state index in [0.29, 0.717) is 0 Å². The molecule has 5 heteroatoms. The van der Waals surface area contributed by atoms with E-state index in [1.165, 1.54) is 60.3 Å². The zero-order valence-corrected chi connectivity index (χ0v) is 37.1.